The molecule has 2 heterocycles. The molecule has 1 aromatic heterocycles. The van der Waals surface area contributed by atoms with Gasteiger partial charge in [-0.25, -0.2) is 0 Å². The van der Waals surface area contributed by atoms with E-state index in [2.05, 4.69) is 4.98 Å². The van der Waals surface area contributed by atoms with E-state index in [0.717, 1.165) is 0 Å². The second-order valence-corrected chi connectivity index (χ2v) is 5.61. The number of carbonyl (C=O) groups is 1. The summed E-state index contributed by atoms with van der Waals surface area (Å²) in [5.74, 6) is 0.00941. The van der Waals surface area contributed by atoms with Crippen LogP contribution in [0.2, 0.25) is 0 Å². The Hall–Kier alpha value is -1.20. The van der Waals surface area contributed by atoms with Gasteiger partial charge in [0.25, 0.3) is 0 Å². The molecule has 0 radical (unpaired) electrons. The number of hydrogen-bond acceptors (Lipinski definition) is 4. The third-order valence-electron chi connectivity index (χ3n) is 3.68. The number of pyridine rings is 1. The molecular formula is C13H18BNO3. The third kappa shape index (κ3) is 2.20. The monoisotopic (exact) mass is 247 g/mol. The first kappa shape index (κ1) is 13.2. The van der Waals surface area contributed by atoms with Gasteiger partial charge >= 0.3 is 7.12 Å². The smallest absolute Gasteiger partial charge is 0.398 e. The lowest BCUT2D eigenvalue weighted by atomic mass is 9.83. The van der Waals surface area contributed by atoms with Crippen molar-refractivity contribution in [2.24, 2.45) is 0 Å². The van der Waals surface area contributed by atoms with Gasteiger partial charge in [-0.3, -0.25) is 9.78 Å². The summed E-state index contributed by atoms with van der Waals surface area (Å²) >= 11 is 0. The summed E-state index contributed by atoms with van der Waals surface area (Å²) in [6.07, 6.45) is 1.61. The molecule has 0 unspecified atom stereocenters. The third-order valence-corrected chi connectivity index (χ3v) is 3.68. The highest BCUT2D eigenvalue weighted by Crippen LogP contribution is 2.36. The van der Waals surface area contributed by atoms with Crippen LogP contribution in [0.3, 0.4) is 0 Å². The van der Waals surface area contributed by atoms with Gasteiger partial charge in [0.2, 0.25) is 0 Å². The molecule has 0 aromatic carbocycles. The molecule has 4 nitrogen and oxygen atoms in total. The van der Waals surface area contributed by atoms with Crippen molar-refractivity contribution in [3.8, 4) is 0 Å². The Bertz CT molecular complexity index is 469. The van der Waals surface area contributed by atoms with E-state index in [1.807, 2.05) is 27.7 Å². The predicted molar refractivity (Wildman–Crippen MR) is 70.0 cm³/mol. The highest BCUT2D eigenvalue weighted by atomic mass is 16.7. The Morgan fingerprint density at radius 2 is 1.78 bits per heavy atom. The SMILES string of the molecule is CC(=O)c1ccnc(B2OC(C)(C)C(C)(C)O2)c1. The quantitative estimate of drug-likeness (QED) is 0.588. The number of aromatic nitrogens is 1. The molecule has 2 rings (SSSR count). The van der Waals surface area contributed by atoms with Gasteiger partial charge in [-0.05, 0) is 46.8 Å². The first-order chi connectivity index (χ1) is 8.23. The molecule has 0 aliphatic carbocycles. The lowest BCUT2D eigenvalue weighted by Crippen LogP contribution is -2.41. The average molecular weight is 247 g/mol. The van der Waals surface area contributed by atoms with Crippen LogP contribution in [0.1, 0.15) is 45.0 Å². The maximum Gasteiger partial charge on any atom is 0.514 e. The van der Waals surface area contributed by atoms with Crippen molar-refractivity contribution in [1.29, 1.82) is 0 Å². The number of Topliss-reactive ketones (excluding diaryl/α,β-unsaturated/α-hetero) is 1. The highest BCUT2D eigenvalue weighted by Gasteiger charge is 2.52. The van der Waals surface area contributed by atoms with Crippen molar-refractivity contribution in [3.05, 3.63) is 23.9 Å². The van der Waals surface area contributed by atoms with Crippen LogP contribution in [0.15, 0.2) is 18.3 Å². The molecule has 1 aliphatic rings. The van der Waals surface area contributed by atoms with Crippen LogP contribution in [-0.4, -0.2) is 29.1 Å². The van der Waals surface area contributed by atoms with Crippen LogP contribution in [0.25, 0.3) is 0 Å². The van der Waals surface area contributed by atoms with Crippen molar-refractivity contribution in [3.63, 3.8) is 0 Å². The Morgan fingerprint density at radius 1 is 1.22 bits per heavy atom. The summed E-state index contributed by atoms with van der Waals surface area (Å²) in [5, 5.41) is 0. The van der Waals surface area contributed by atoms with E-state index in [4.69, 9.17) is 9.31 Å². The molecule has 0 bridgehead atoms. The topological polar surface area (TPSA) is 48.4 Å². The summed E-state index contributed by atoms with van der Waals surface area (Å²) < 4.78 is 11.8. The molecule has 18 heavy (non-hydrogen) atoms. The molecule has 1 aromatic rings. The highest BCUT2D eigenvalue weighted by molar-refractivity contribution is 6.61. The first-order valence-corrected chi connectivity index (χ1v) is 6.05. The van der Waals surface area contributed by atoms with Crippen molar-refractivity contribution >= 4 is 18.5 Å². The number of carbonyl (C=O) groups excluding carboxylic acids is 1. The molecule has 5 heteroatoms. The van der Waals surface area contributed by atoms with Gasteiger partial charge in [-0.2, -0.15) is 0 Å². The lowest BCUT2D eigenvalue weighted by Gasteiger charge is -2.32. The van der Waals surface area contributed by atoms with E-state index in [-0.39, 0.29) is 5.78 Å². The second kappa shape index (κ2) is 4.18. The lowest BCUT2D eigenvalue weighted by molar-refractivity contribution is 0.00578. The zero-order valence-electron chi connectivity index (χ0n) is 11.5. The van der Waals surface area contributed by atoms with Gasteiger partial charge in [-0.1, -0.05) is 0 Å². The minimum absolute atomic E-state index is 0.00941. The molecule has 1 saturated heterocycles. The summed E-state index contributed by atoms with van der Waals surface area (Å²) in [6, 6.07) is 3.42. The number of ketones is 1. The van der Waals surface area contributed by atoms with E-state index in [9.17, 15) is 4.79 Å². The molecule has 1 fully saturated rings. The molecule has 1 aliphatic heterocycles. The Balaban J connectivity index is 2.30. The summed E-state index contributed by atoms with van der Waals surface area (Å²) in [6.45, 7) is 9.48. The maximum absolute atomic E-state index is 11.4. The molecule has 0 N–H and O–H groups in total. The molecule has 0 saturated carbocycles. The molecule has 0 atom stereocenters. The van der Waals surface area contributed by atoms with Crippen molar-refractivity contribution in [2.45, 2.75) is 45.8 Å². The van der Waals surface area contributed by atoms with Crippen LogP contribution in [0.5, 0.6) is 0 Å². The van der Waals surface area contributed by atoms with E-state index in [0.29, 0.717) is 11.2 Å². The summed E-state index contributed by atoms with van der Waals surface area (Å²) in [7, 11) is -0.519. The maximum atomic E-state index is 11.4. The van der Waals surface area contributed by atoms with E-state index in [1.165, 1.54) is 6.92 Å². The van der Waals surface area contributed by atoms with Gasteiger partial charge in [0.15, 0.2) is 5.78 Å². The van der Waals surface area contributed by atoms with Gasteiger partial charge in [0, 0.05) is 11.8 Å². The van der Waals surface area contributed by atoms with E-state index >= 15 is 0 Å². The summed E-state index contributed by atoms with van der Waals surface area (Å²) in [4.78, 5) is 15.6. The predicted octanol–water partition coefficient (Wildman–Crippen LogP) is 1.58. The van der Waals surface area contributed by atoms with Gasteiger partial charge in [0.1, 0.15) is 0 Å². The first-order valence-electron chi connectivity index (χ1n) is 6.05. The fourth-order valence-electron chi connectivity index (χ4n) is 1.76. The number of hydrogen-bond donors (Lipinski definition) is 0. The molecular weight excluding hydrogens is 229 g/mol. The van der Waals surface area contributed by atoms with Crippen LogP contribution >= 0.6 is 0 Å². The van der Waals surface area contributed by atoms with Gasteiger partial charge in [-0.15, -0.1) is 0 Å². The van der Waals surface area contributed by atoms with E-state index in [1.54, 1.807) is 18.3 Å². The van der Waals surface area contributed by atoms with Crippen LogP contribution in [0.4, 0.5) is 0 Å². The van der Waals surface area contributed by atoms with Gasteiger partial charge < -0.3 is 9.31 Å². The minimum atomic E-state index is -0.519. The van der Waals surface area contributed by atoms with Crippen LogP contribution in [0, 0.1) is 0 Å². The second-order valence-electron chi connectivity index (χ2n) is 5.61. The zero-order chi connectivity index (χ0) is 13.6. The Labute approximate surface area is 108 Å². The standard InChI is InChI=1S/C13H18BNO3/c1-9(16)10-6-7-15-11(8-10)14-17-12(2,3)13(4,5)18-14/h6-8H,1-5H3. The normalized spacial score (nSPS) is 21.1. The van der Waals surface area contributed by atoms with Crippen LogP contribution < -0.4 is 5.59 Å². The molecule has 96 valence electrons. The van der Waals surface area contributed by atoms with Crippen molar-refractivity contribution < 1.29 is 14.1 Å². The Kier molecular flexibility index (Phi) is 3.07. The number of nitrogens with zero attached hydrogens (tertiary/aromatic N) is 1. The molecule has 0 amide bonds. The largest absolute Gasteiger partial charge is 0.514 e. The minimum Gasteiger partial charge on any atom is -0.398 e. The zero-order valence-corrected chi connectivity index (χ0v) is 11.5. The van der Waals surface area contributed by atoms with Crippen molar-refractivity contribution in [1.82, 2.24) is 4.98 Å². The fourth-order valence-corrected chi connectivity index (χ4v) is 1.76. The Morgan fingerprint density at radius 3 is 2.28 bits per heavy atom. The average Bonchev–Trinajstić information content (AvgIpc) is 2.48. The van der Waals surface area contributed by atoms with E-state index < -0.39 is 18.3 Å². The molecule has 0 spiro atoms. The van der Waals surface area contributed by atoms with Crippen molar-refractivity contribution in [2.75, 3.05) is 0 Å². The fraction of sp³-hybridized carbons (Fsp3) is 0.538. The number of rotatable bonds is 2. The van der Waals surface area contributed by atoms with Crippen LogP contribution in [-0.2, 0) is 9.31 Å². The van der Waals surface area contributed by atoms with Gasteiger partial charge in [0.05, 0.1) is 16.8 Å². The summed E-state index contributed by atoms with van der Waals surface area (Å²) in [5.41, 5.74) is 0.466.